The topological polar surface area (TPSA) is 48.4 Å². The van der Waals surface area contributed by atoms with E-state index in [1.54, 1.807) is 30.2 Å². The van der Waals surface area contributed by atoms with Crippen LogP contribution in [-0.4, -0.2) is 25.2 Å². The molecule has 3 aromatic rings. The third-order valence-corrected chi connectivity index (χ3v) is 5.77. The van der Waals surface area contributed by atoms with Gasteiger partial charge in [0.1, 0.15) is 10.8 Å². The summed E-state index contributed by atoms with van der Waals surface area (Å²) >= 11 is 3.28. The predicted molar refractivity (Wildman–Crippen MR) is 106 cm³/mol. The van der Waals surface area contributed by atoms with Crippen molar-refractivity contribution in [3.63, 3.8) is 0 Å². The summed E-state index contributed by atoms with van der Waals surface area (Å²) in [6.07, 6.45) is 1.84. The molecule has 134 valence electrons. The van der Waals surface area contributed by atoms with Crippen molar-refractivity contribution in [2.45, 2.75) is 17.6 Å². The highest BCUT2D eigenvalue weighted by Gasteiger charge is 2.12. The largest absolute Gasteiger partial charge is 0.497 e. The van der Waals surface area contributed by atoms with Crippen molar-refractivity contribution in [2.24, 2.45) is 0 Å². The summed E-state index contributed by atoms with van der Waals surface area (Å²) in [6, 6.07) is 13.8. The number of thiazole rings is 1. The second kappa shape index (κ2) is 8.38. The van der Waals surface area contributed by atoms with Crippen LogP contribution in [0.3, 0.4) is 0 Å². The van der Waals surface area contributed by atoms with Crippen molar-refractivity contribution in [3.05, 3.63) is 64.7 Å². The molecule has 2 aromatic carbocycles. The zero-order valence-electron chi connectivity index (χ0n) is 14.8. The lowest BCUT2D eigenvalue weighted by Gasteiger charge is -2.08. The van der Waals surface area contributed by atoms with Gasteiger partial charge in [0, 0.05) is 27.3 Å². The SMILES string of the molecule is COC(=O)c1cc(SCc2ccc(OC)cc2)cc(-c2ncc(C)s2)c1. The number of hydrogen-bond acceptors (Lipinski definition) is 6. The summed E-state index contributed by atoms with van der Waals surface area (Å²) in [5, 5.41) is 0.902. The molecule has 26 heavy (non-hydrogen) atoms. The van der Waals surface area contributed by atoms with Crippen molar-refractivity contribution in [1.82, 2.24) is 4.98 Å². The van der Waals surface area contributed by atoms with E-state index < -0.39 is 0 Å². The Morgan fingerprint density at radius 2 is 1.92 bits per heavy atom. The van der Waals surface area contributed by atoms with Crippen LogP contribution in [0.1, 0.15) is 20.8 Å². The molecule has 0 saturated carbocycles. The van der Waals surface area contributed by atoms with Gasteiger partial charge in [-0.15, -0.1) is 23.1 Å². The van der Waals surface area contributed by atoms with Crippen molar-refractivity contribution in [3.8, 4) is 16.3 Å². The average molecular weight is 386 g/mol. The third-order valence-electron chi connectivity index (χ3n) is 3.76. The molecule has 0 radical (unpaired) electrons. The monoisotopic (exact) mass is 385 g/mol. The van der Waals surface area contributed by atoms with Gasteiger partial charge in [-0.1, -0.05) is 12.1 Å². The molecule has 0 fully saturated rings. The fourth-order valence-electron chi connectivity index (χ4n) is 2.42. The van der Waals surface area contributed by atoms with E-state index in [4.69, 9.17) is 9.47 Å². The van der Waals surface area contributed by atoms with Crippen molar-refractivity contribution in [2.75, 3.05) is 14.2 Å². The lowest BCUT2D eigenvalue weighted by Crippen LogP contribution is -2.01. The Bertz CT molecular complexity index is 904. The predicted octanol–water partition coefficient (Wildman–Crippen LogP) is 5.21. The third kappa shape index (κ3) is 4.45. The van der Waals surface area contributed by atoms with Crippen LogP contribution in [-0.2, 0) is 10.5 Å². The molecule has 0 aliphatic carbocycles. The van der Waals surface area contributed by atoms with Crippen LogP contribution in [0.15, 0.2) is 53.6 Å². The quantitative estimate of drug-likeness (QED) is 0.431. The maximum atomic E-state index is 12.0. The van der Waals surface area contributed by atoms with Crippen LogP contribution in [0.5, 0.6) is 5.75 Å². The zero-order chi connectivity index (χ0) is 18.5. The molecule has 0 spiro atoms. The Labute approximate surface area is 161 Å². The molecular formula is C20H19NO3S2. The minimum absolute atomic E-state index is 0.341. The van der Waals surface area contributed by atoms with E-state index in [1.807, 2.05) is 49.5 Å². The molecule has 0 amide bonds. The van der Waals surface area contributed by atoms with E-state index >= 15 is 0 Å². The van der Waals surface area contributed by atoms with Gasteiger partial charge in [-0.05, 0) is 42.8 Å². The van der Waals surface area contributed by atoms with Gasteiger partial charge in [0.25, 0.3) is 0 Å². The maximum Gasteiger partial charge on any atom is 0.337 e. The molecule has 1 heterocycles. The fourth-order valence-corrected chi connectivity index (χ4v) is 4.12. The first kappa shape index (κ1) is 18.5. The van der Waals surface area contributed by atoms with Crippen LogP contribution < -0.4 is 4.74 Å². The van der Waals surface area contributed by atoms with E-state index in [-0.39, 0.29) is 5.97 Å². The van der Waals surface area contributed by atoms with Gasteiger partial charge in [-0.3, -0.25) is 0 Å². The number of ether oxygens (including phenoxy) is 2. The number of carbonyl (C=O) groups is 1. The number of aromatic nitrogens is 1. The fraction of sp³-hybridized carbons (Fsp3) is 0.200. The molecular weight excluding hydrogens is 366 g/mol. The standard InChI is InChI=1S/C20H19NO3S2/c1-13-11-21-19(26-13)15-8-16(20(22)24-3)10-18(9-15)25-12-14-4-6-17(23-2)7-5-14/h4-11H,12H2,1-3H3. The maximum absolute atomic E-state index is 12.0. The van der Waals surface area contributed by atoms with E-state index in [0.29, 0.717) is 5.56 Å². The average Bonchev–Trinajstić information content (AvgIpc) is 3.12. The van der Waals surface area contributed by atoms with E-state index in [2.05, 4.69) is 11.1 Å². The molecule has 1 aromatic heterocycles. The summed E-state index contributed by atoms with van der Waals surface area (Å²) in [7, 11) is 3.05. The molecule has 4 nitrogen and oxygen atoms in total. The number of carbonyl (C=O) groups excluding carboxylic acids is 1. The number of methoxy groups -OCH3 is 2. The van der Waals surface area contributed by atoms with Gasteiger partial charge in [0.05, 0.1) is 19.8 Å². The van der Waals surface area contributed by atoms with Gasteiger partial charge in [-0.2, -0.15) is 0 Å². The Morgan fingerprint density at radius 3 is 2.54 bits per heavy atom. The molecule has 0 aliphatic heterocycles. The minimum atomic E-state index is -0.341. The van der Waals surface area contributed by atoms with Crippen LogP contribution in [0.25, 0.3) is 10.6 Å². The molecule has 0 atom stereocenters. The Morgan fingerprint density at radius 1 is 1.15 bits per heavy atom. The lowest BCUT2D eigenvalue weighted by atomic mass is 10.1. The second-order valence-electron chi connectivity index (χ2n) is 5.65. The number of esters is 1. The number of thioether (sulfide) groups is 1. The summed E-state index contributed by atoms with van der Waals surface area (Å²) in [5.41, 5.74) is 2.66. The van der Waals surface area contributed by atoms with Gasteiger partial charge in [0.2, 0.25) is 0 Å². The molecule has 0 N–H and O–H groups in total. The highest BCUT2D eigenvalue weighted by molar-refractivity contribution is 7.98. The highest BCUT2D eigenvalue weighted by atomic mass is 32.2. The smallest absolute Gasteiger partial charge is 0.337 e. The summed E-state index contributed by atoms with van der Waals surface area (Å²) in [6.45, 7) is 2.02. The molecule has 0 aliphatic rings. The number of benzene rings is 2. The summed E-state index contributed by atoms with van der Waals surface area (Å²) in [5.74, 6) is 1.30. The normalized spacial score (nSPS) is 10.6. The Hall–Kier alpha value is -2.31. The van der Waals surface area contributed by atoms with Gasteiger partial charge in [-0.25, -0.2) is 9.78 Å². The van der Waals surface area contributed by atoms with E-state index in [9.17, 15) is 4.79 Å². The first-order chi connectivity index (χ1) is 12.6. The van der Waals surface area contributed by atoms with Crippen molar-refractivity contribution in [1.29, 1.82) is 0 Å². The summed E-state index contributed by atoms with van der Waals surface area (Å²) in [4.78, 5) is 18.6. The Balaban J connectivity index is 1.85. The van der Waals surface area contributed by atoms with Crippen molar-refractivity contribution >= 4 is 29.1 Å². The van der Waals surface area contributed by atoms with Crippen LogP contribution in [0, 0.1) is 6.92 Å². The molecule has 3 rings (SSSR count). The number of nitrogens with zero attached hydrogens (tertiary/aromatic N) is 1. The molecule has 0 saturated heterocycles. The minimum Gasteiger partial charge on any atom is -0.497 e. The Kier molecular flexibility index (Phi) is 5.96. The number of hydrogen-bond donors (Lipinski definition) is 0. The molecule has 0 bridgehead atoms. The van der Waals surface area contributed by atoms with Crippen LogP contribution in [0.4, 0.5) is 0 Å². The van der Waals surface area contributed by atoms with Gasteiger partial charge >= 0.3 is 5.97 Å². The van der Waals surface area contributed by atoms with Crippen molar-refractivity contribution < 1.29 is 14.3 Å². The second-order valence-corrected chi connectivity index (χ2v) is 7.93. The number of aryl methyl sites for hydroxylation is 1. The lowest BCUT2D eigenvalue weighted by molar-refractivity contribution is 0.0600. The van der Waals surface area contributed by atoms with E-state index in [0.717, 1.165) is 31.8 Å². The zero-order valence-corrected chi connectivity index (χ0v) is 16.4. The summed E-state index contributed by atoms with van der Waals surface area (Å²) < 4.78 is 10.1. The molecule has 6 heteroatoms. The molecule has 0 unspecified atom stereocenters. The van der Waals surface area contributed by atoms with Gasteiger partial charge < -0.3 is 9.47 Å². The first-order valence-corrected chi connectivity index (χ1v) is 9.81. The van der Waals surface area contributed by atoms with Crippen LogP contribution in [0.2, 0.25) is 0 Å². The van der Waals surface area contributed by atoms with Crippen LogP contribution >= 0.6 is 23.1 Å². The number of rotatable bonds is 6. The highest BCUT2D eigenvalue weighted by Crippen LogP contribution is 2.32. The van der Waals surface area contributed by atoms with Gasteiger partial charge in [0.15, 0.2) is 0 Å². The first-order valence-electron chi connectivity index (χ1n) is 8.01. The van der Waals surface area contributed by atoms with E-state index in [1.165, 1.54) is 12.7 Å².